The Morgan fingerprint density at radius 1 is 0.808 bits per heavy atom. The molecule has 0 aliphatic carbocycles. The van der Waals surface area contributed by atoms with E-state index in [0.29, 0.717) is 16.2 Å². The van der Waals surface area contributed by atoms with Crippen LogP contribution in [0.4, 0.5) is 11.4 Å². The number of rotatable bonds is 4. The first-order valence-electron chi connectivity index (χ1n) is 8.40. The molecule has 0 atom stereocenters. The first-order valence-corrected chi connectivity index (χ1v) is 8.77. The number of anilines is 2. The summed E-state index contributed by atoms with van der Waals surface area (Å²) in [5.74, 6) is -0.0154. The van der Waals surface area contributed by atoms with Gasteiger partial charge in [-0.25, -0.2) is 0 Å². The predicted octanol–water partition coefficient (Wildman–Crippen LogP) is 5.47. The van der Waals surface area contributed by atoms with Crippen LogP contribution < -0.4 is 10.6 Å². The summed E-state index contributed by atoms with van der Waals surface area (Å²) in [4.78, 5) is 13.2. The van der Waals surface area contributed by atoms with Crippen molar-refractivity contribution >= 4 is 34.8 Å². The van der Waals surface area contributed by atoms with Crippen molar-refractivity contribution in [2.75, 3.05) is 10.6 Å². The van der Waals surface area contributed by atoms with Crippen LogP contribution in [0.3, 0.4) is 0 Å². The molecule has 0 saturated heterocycles. The third-order valence-electron chi connectivity index (χ3n) is 4.33. The molecule has 26 heavy (non-hydrogen) atoms. The number of carbonyl (C=O) groups excluding carboxylic acids is 1. The van der Waals surface area contributed by atoms with Crippen molar-refractivity contribution < 1.29 is 4.79 Å². The maximum atomic E-state index is 13.2. The third kappa shape index (κ3) is 3.35. The number of ketones is 1. The Morgan fingerprint density at radius 2 is 1.38 bits per heavy atom. The topological polar surface area (TPSA) is 41.1 Å². The van der Waals surface area contributed by atoms with Crippen molar-refractivity contribution in [3.8, 4) is 0 Å². The molecule has 4 rings (SSSR count). The summed E-state index contributed by atoms with van der Waals surface area (Å²) in [6.07, 6.45) is 1.61. The summed E-state index contributed by atoms with van der Waals surface area (Å²) in [6, 6.07) is 24.7. The lowest BCUT2D eigenvalue weighted by Crippen LogP contribution is -2.29. The van der Waals surface area contributed by atoms with Crippen LogP contribution in [0.2, 0.25) is 5.02 Å². The molecule has 1 heterocycles. The van der Waals surface area contributed by atoms with Gasteiger partial charge in [-0.1, -0.05) is 66.2 Å². The highest BCUT2D eigenvalue weighted by Gasteiger charge is 2.27. The standard InChI is InChI=1S/C22H17ClN2O/c23-17-12-10-15(11-13-17)14-18(21(26)16-6-2-1-3-7-16)22-24-19-8-4-5-9-20(19)25-22/h1-14,22,24-25H/b18-14-. The second-order valence-electron chi connectivity index (χ2n) is 6.11. The summed E-state index contributed by atoms with van der Waals surface area (Å²) in [5, 5.41) is 7.45. The van der Waals surface area contributed by atoms with Crippen LogP contribution in [0, 0.1) is 0 Å². The fourth-order valence-electron chi connectivity index (χ4n) is 3.01. The monoisotopic (exact) mass is 360 g/mol. The van der Waals surface area contributed by atoms with Gasteiger partial charge in [-0.3, -0.25) is 4.79 Å². The summed E-state index contributed by atoms with van der Waals surface area (Å²) in [6.45, 7) is 0. The van der Waals surface area contributed by atoms with Gasteiger partial charge in [-0.15, -0.1) is 0 Å². The van der Waals surface area contributed by atoms with Gasteiger partial charge in [0.15, 0.2) is 5.78 Å². The highest BCUT2D eigenvalue weighted by atomic mass is 35.5. The second-order valence-corrected chi connectivity index (χ2v) is 6.55. The zero-order valence-corrected chi connectivity index (χ0v) is 14.7. The van der Waals surface area contributed by atoms with Gasteiger partial charge in [-0.2, -0.15) is 0 Å². The Kier molecular flexibility index (Phi) is 4.46. The van der Waals surface area contributed by atoms with E-state index in [2.05, 4.69) is 10.6 Å². The van der Waals surface area contributed by atoms with E-state index in [1.165, 1.54) is 0 Å². The molecule has 0 unspecified atom stereocenters. The minimum absolute atomic E-state index is 0.0154. The van der Waals surface area contributed by atoms with Crippen LogP contribution in [-0.4, -0.2) is 11.9 Å². The number of carbonyl (C=O) groups is 1. The molecule has 0 amide bonds. The number of hydrogen-bond acceptors (Lipinski definition) is 3. The minimum atomic E-state index is -0.296. The lowest BCUT2D eigenvalue weighted by atomic mass is 9.98. The molecule has 3 aromatic carbocycles. The Balaban J connectivity index is 1.73. The maximum absolute atomic E-state index is 13.2. The summed E-state index contributed by atoms with van der Waals surface area (Å²) < 4.78 is 0. The van der Waals surface area contributed by atoms with E-state index in [0.717, 1.165) is 16.9 Å². The molecule has 4 heteroatoms. The molecule has 128 valence electrons. The van der Waals surface area contributed by atoms with Gasteiger partial charge in [0.2, 0.25) is 0 Å². The van der Waals surface area contributed by atoms with Crippen molar-refractivity contribution in [3.63, 3.8) is 0 Å². The van der Waals surface area contributed by atoms with Gasteiger partial charge in [0.25, 0.3) is 0 Å². The van der Waals surface area contributed by atoms with Gasteiger partial charge in [0.05, 0.1) is 11.4 Å². The molecule has 1 aliphatic rings. The Bertz CT molecular complexity index is 940. The first kappa shape index (κ1) is 16.4. The van der Waals surface area contributed by atoms with Crippen LogP contribution in [0.1, 0.15) is 15.9 Å². The summed E-state index contributed by atoms with van der Waals surface area (Å²) in [7, 11) is 0. The zero-order valence-electron chi connectivity index (χ0n) is 13.9. The van der Waals surface area contributed by atoms with Crippen molar-refractivity contribution in [1.82, 2.24) is 0 Å². The van der Waals surface area contributed by atoms with E-state index >= 15 is 0 Å². The summed E-state index contributed by atoms with van der Waals surface area (Å²) >= 11 is 5.98. The molecule has 0 saturated carbocycles. The molecule has 0 fully saturated rings. The molecule has 2 N–H and O–H groups in total. The lowest BCUT2D eigenvalue weighted by molar-refractivity contribution is 0.103. The van der Waals surface area contributed by atoms with Crippen molar-refractivity contribution in [3.05, 3.63) is 101 Å². The van der Waals surface area contributed by atoms with Gasteiger partial charge in [-0.05, 0) is 35.9 Å². The first-order chi connectivity index (χ1) is 12.7. The van der Waals surface area contributed by atoms with E-state index in [4.69, 9.17) is 11.6 Å². The molecule has 3 aromatic rings. The quantitative estimate of drug-likeness (QED) is 0.478. The Hall–Kier alpha value is -3.04. The molecule has 0 aromatic heterocycles. The predicted molar refractivity (Wildman–Crippen MR) is 108 cm³/mol. The average Bonchev–Trinajstić information content (AvgIpc) is 3.11. The van der Waals surface area contributed by atoms with Crippen LogP contribution >= 0.6 is 11.6 Å². The smallest absolute Gasteiger partial charge is 0.192 e. The van der Waals surface area contributed by atoms with E-state index in [1.807, 2.05) is 84.9 Å². The van der Waals surface area contributed by atoms with Crippen molar-refractivity contribution in [1.29, 1.82) is 0 Å². The van der Waals surface area contributed by atoms with Gasteiger partial charge >= 0.3 is 0 Å². The van der Waals surface area contributed by atoms with Gasteiger partial charge in [0.1, 0.15) is 6.17 Å². The van der Waals surface area contributed by atoms with Crippen LogP contribution in [0.5, 0.6) is 0 Å². The molecular weight excluding hydrogens is 344 g/mol. The Morgan fingerprint density at radius 3 is 2.00 bits per heavy atom. The number of fused-ring (bicyclic) bond motifs is 1. The normalized spacial score (nSPS) is 13.7. The van der Waals surface area contributed by atoms with Crippen molar-refractivity contribution in [2.24, 2.45) is 0 Å². The van der Waals surface area contributed by atoms with Crippen LogP contribution in [0.25, 0.3) is 6.08 Å². The fraction of sp³-hybridized carbons (Fsp3) is 0.0455. The molecule has 0 radical (unpaired) electrons. The minimum Gasteiger partial charge on any atom is -0.360 e. The number of benzene rings is 3. The molecule has 0 spiro atoms. The van der Waals surface area contributed by atoms with E-state index in [1.54, 1.807) is 0 Å². The molecule has 0 bridgehead atoms. The lowest BCUT2D eigenvalue weighted by Gasteiger charge is -2.16. The van der Waals surface area contributed by atoms with E-state index in [9.17, 15) is 4.79 Å². The number of nitrogens with one attached hydrogen (secondary N) is 2. The zero-order chi connectivity index (χ0) is 17.9. The van der Waals surface area contributed by atoms with E-state index < -0.39 is 0 Å². The molecular formula is C22H17ClN2O. The number of halogens is 1. The Labute approximate surface area is 157 Å². The number of hydrogen-bond donors (Lipinski definition) is 2. The largest absolute Gasteiger partial charge is 0.360 e. The average molecular weight is 361 g/mol. The van der Waals surface area contributed by atoms with Crippen molar-refractivity contribution in [2.45, 2.75) is 6.17 Å². The highest BCUT2D eigenvalue weighted by molar-refractivity contribution is 6.30. The second kappa shape index (κ2) is 7.06. The van der Waals surface area contributed by atoms with E-state index in [-0.39, 0.29) is 11.9 Å². The molecule has 1 aliphatic heterocycles. The number of Topliss-reactive ketones (excluding diaryl/α,β-unsaturated/α-hetero) is 1. The van der Waals surface area contributed by atoms with Gasteiger partial charge < -0.3 is 10.6 Å². The van der Waals surface area contributed by atoms with Crippen LogP contribution in [0.15, 0.2) is 84.4 Å². The van der Waals surface area contributed by atoms with Gasteiger partial charge in [0, 0.05) is 16.2 Å². The highest BCUT2D eigenvalue weighted by Crippen LogP contribution is 2.32. The maximum Gasteiger partial charge on any atom is 0.192 e. The molecule has 3 nitrogen and oxygen atoms in total. The SMILES string of the molecule is O=C(/C(=C/c1ccc(Cl)cc1)C1Nc2ccccc2N1)c1ccccc1. The van der Waals surface area contributed by atoms with Crippen LogP contribution in [-0.2, 0) is 0 Å². The number of para-hydroxylation sites is 2. The summed E-state index contributed by atoms with van der Waals surface area (Å²) in [5.41, 5.74) is 4.20. The fourth-order valence-corrected chi connectivity index (χ4v) is 3.14. The third-order valence-corrected chi connectivity index (χ3v) is 4.58.